The number of carbonyl (C=O) groups excluding carboxylic acids is 2. The van der Waals surface area contributed by atoms with Gasteiger partial charge >= 0.3 is 0 Å². The molecule has 0 aliphatic heterocycles. The predicted octanol–water partition coefficient (Wildman–Crippen LogP) is 2.13. The van der Waals surface area contributed by atoms with Gasteiger partial charge in [0.05, 0.1) is 12.2 Å². The Morgan fingerprint density at radius 2 is 2.05 bits per heavy atom. The number of aromatic nitrogens is 1. The van der Waals surface area contributed by atoms with Gasteiger partial charge in [-0.25, -0.2) is 4.39 Å². The van der Waals surface area contributed by atoms with E-state index >= 15 is 0 Å². The molecule has 0 atom stereocenters. The zero-order valence-corrected chi connectivity index (χ0v) is 12.1. The van der Waals surface area contributed by atoms with Crippen LogP contribution in [-0.2, 0) is 9.59 Å². The van der Waals surface area contributed by atoms with E-state index in [-0.39, 0.29) is 24.0 Å². The van der Waals surface area contributed by atoms with Gasteiger partial charge in [-0.15, -0.1) is 0 Å². The fraction of sp³-hybridized carbons (Fsp3) is 0.214. The molecule has 0 radical (unpaired) electrons. The van der Waals surface area contributed by atoms with E-state index in [0.29, 0.717) is 17.3 Å². The van der Waals surface area contributed by atoms with E-state index in [2.05, 4.69) is 21.1 Å². The zero-order valence-electron chi connectivity index (χ0n) is 12.1. The average molecular weight is 306 g/mol. The average Bonchev–Trinajstić information content (AvgIpc) is 2.84. The van der Waals surface area contributed by atoms with Gasteiger partial charge in [-0.2, -0.15) is 0 Å². The molecule has 0 spiro atoms. The van der Waals surface area contributed by atoms with Crippen LogP contribution >= 0.6 is 0 Å². The smallest absolute Gasteiger partial charge is 0.244 e. The highest BCUT2D eigenvalue weighted by atomic mass is 19.1. The molecule has 0 fully saturated rings. The van der Waals surface area contributed by atoms with Crippen molar-refractivity contribution in [3.05, 3.63) is 35.8 Å². The van der Waals surface area contributed by atoms with Gasteiger partial charge in [0.1, 0.15) is 11.6 Å². The summed E-state index contributed by atoms with van der Waals surface area (Å²) >= 11 is 0. The highest BCUT2D eigenvalue weighted by Gasteiger charge is 2.08. The SMILES string of the molecule is CC(=O)Nc1cc(NCC(=O)Nc2cc(C)on2)ccc1F. The van der Waals surface area contributed by atoms with E-state index in [1.165, 1.54) is 25.1 Å². The Hall–Kier alpha value is -2.90. The molecule has 0 saturated carbocycles. The topological polar surface area (TPSA) is 96.3 Å². The number of halogens is 1. The first kappa shape index (κ1) is 15.5. The van der Waals surface area contributed by atoms with Gasteiger partial charge in [0.15, 0.2) is 5.82 Å². The standard InChI is InChI=1S/C14H15FN4O3/c1-8-5-13(19-22-8)18-14(21)7-16-10-3-4-11(15)12(6-10)17-9(2)20/h3-6,16H,7H2,1-2H3,(H,17,20)(H,18,19,21). The van der Waals surface area contributed by atoms with Crippen molar-refractivity contribution in [2.75, 3.05) is 22.5 Å². The van der Waals surface area contributed by atoms with Gasteiger partial charge in [0.25, 0.3) is 0 Å². The molecule has 3 N–H and O–H groups in total. The largest absolute Gasteiger partial charge is 0.376 e. The Bertz CT molecular complexity index is 699. The van der Waals surface area contributed by atoms with Crippen LogP contribution in [0.3, 0.4) is 0 Å². The summed E-state index contributed by atoms with van der Waals surface area (Å²) in [4.78, 5) is 22.7. The molecule has 1 aromatic heterocycles. The number of hydrogen-bond donors (Lipinski definition) is 3. The third kappa shape index (κ3) is 4.30. The third-order valence-electron chi connectivity index (χ3n) is 2.63. The molecule has 2 amide bonds. The van der Waals surface area contributed by atoms with Crippen LogP contribution in [0.4, 0.5) is 21.6 Å². The summed E-state index contributed by atoms with van der Waals surface area (Å²) in [6.07, 6.45) is 0. The summed E-state index contributed by atoms with van der Waals surface area (Å²) in [6, 6.07) is 5.66. The van der Waals surface area contributed by atoms with E-state index in [9.17, 15) is 14.0 Å². The highest BCUT2D eigenvalue weighted by Crippen LogP contribution is 2.19. The van der Waals surface area contributed by atoms with Gasteiger partial charge in [-0.3, -0.25) is 9.59 Å². The van der Waals surface area contributed by atoms with Crippen LogP contribution in [0.25, 0.3) is 0 Å². The van der Waals surface area contributed by atoms with Gasteiger partial charge in [0, 0.05) is 18.7 Å². The van der Waals surface area contributed by atoms with E-state index in [1.54, 1.807) is 13.0 Å². The normalized spacial score (nSPS) is 10.1. The van der Waals surface area contributed by atoms with Crippen LogP contribution in [-0.4, -0.2) is 23.5 Å². The molecular formula is C14H15FN4O3. The van der Waals surface area contributed by atoms with Crippen molar-refractivity contribution in [3.8, 4) is 0 Å². The summed E-state index contributed by atoms with van der Waals surface area (Å²) in [6.45, 7) is 2.95. The second kappa shape index (κ2) is 6.70. The van der Waals surface area contributed by atoms with Crippen molar-refractivity contribution in [1.29, 1.82) is 0 Å². The van der Waals surface area contributed by atoms with Crippen LogP contribution < -0.4 is 16.0 Å². The minimum absolute atomic E-state index is 0.0446. The number of hydrogen-bond acceptors (Lipinski definition) is 5. The Balaban J connectivity index is 1.93. The first-order chi connectivity index (χ1) is 10.4. The zero-order chi connectivity index (χ0) is 16.1. The summed E-state index contributed by atoms with van der Waals surface area (Å²) in [7, 11) is 0. The summed E-state index contributed by atoms with van der Waals surface area (Å²) < 4.78 is 18.3. The van der Waals surface area contributed by atoms with Crippen molar-refractivity contribution < 1.29 is 18.5 Å². The van der Waals surface area contributed by atoms with Crippen molar-refractivity contribution in [1.82, 2.24) is 5.16 Å². The number of anilines is 3. The highest BCUT2D eigenvalue weighted by molar-refractivity contribution is 5.93. The number of rotatable bonds is 5. The van der Waals surface area contributed by atoms with Crippen molar-refractivity contribution in [3.63, 3.8) is 0 Å². The van der Waals surface area contributed by atoms with E-state index in [1.807, 2.05) is 0 Å². The molecule has 22 heavy (non-hydrogen) atoms. The molecule has 2 rings (SSSR count). The van der Waals surface area contributed by atoms with Gasteiger partial charge in [-0.1, -0.05) is 5.16 Å². The first-order valence-electron chi connectivity index (χ1n) is 6.48. The van der Waals surface area contributed by atoms with E-state index < -0.39 is 5.82 Å². The number of nitrogens with one attached hydrogen (secondary N) is 3. The van der Waals surface area contributed by atoms with Crippen molar-refractivity contribution in [2.45, 2.75) is 13.8 Å². The molecule has 1 heterocycles. The number of benzene rings is 1. The van der Waals surface area contributed by atoms with Crippen LogP contribution in [0.2, 0.25) is 0 Å². The summed E-state index contributed by atoms with van der Waals surface area (Å²) in [5, 5.41) is 11.4. The number of nitrogens with zero attached hydrogens (tertiary/aromatic N) is 1. The quantitative estimate of drug-likeness (QED) is 0.786. The Labute approximate surface area is 125 Å². The van der Waals surface area contributed by atoms with Crippen LogP contribution in [0.5, 0.6) is 0 Å². The lowest BCUT2D eigenvalue weighted by atomic mass is 10.2. The Morgan fingerprint density at radius 3 is 2.68 bits per heavy atom. The monoisotopic (exact) mass is 306 g/mol. The number of aryl methyl sites for hydroxylation is 1. The maximum absolute atomic E-state index is 13.5. The Morgan fingerprint density at radius 1 is 1.27 bits per heavy atom. The summed E-state index contributed by atoms with van der Waals surface area (Å²) in [5.41, 5.74) is 0.543. The number of amides is 2. The minimum Gasteiger partial charge on any atom is -0.376 e. The lowest BCUT2D eigenvalue weighted by Gasteiger charge is -2.09. The molecule has 116 valence electrons. The molecule has 1 aromatic carbocycles. The van der Waals surface area contributed by atoms with Gasteiger partial charge < -0.3 is 20.5 Å². The molecule has 0 saturated heterocycles. The molecular weight excluding hydrogens is 291 g/mol. The fourth-order valence-electron chi connectivity index (χ4n) is 1.72. The molecule has 7 nitrogen and oxygen atoms in total. The maximum Gasteiger partial charge on any atom is 0.244 e. The van der Waals surface area contributed by atoms with Crippen molar-refractivity contribution >= 4 is 29.0 Å². The van der Waals surface area contributed by atoms with Crippen molar-refractivity contribution in [2.24, 2.45) is 0 Å². The molecule has 0 aliphatic carbocycles. The second-order valence-electron chi connectivity index (χ2n) is 4.60. The Kier molecular flexibility index (Phi) is 4.72. The predicted molar refractivity (Wildman–Crippen MR) is 79.1 cm³/mol. The molecule has 8 heteroatoms. The molecule has 0 bridgehead atoms. The lowest BCUT2D eigenvalue weighted by molar-refractivity contribution is -0.115. The number of carbonyl (C=O) groups is 2. The van der Waals surface area contributed by atoms with E-state index in [0.717, 1.165) is 0 Å². The third-order valence-corrected chi connectivity index (χ3v) is 2.63. The van der Waals surface area contributed by atoms with Crippen LogP contribution in [0.1, 0.15) is 12.7 Å². The van der Waals surface area contributed by atoms with Gasteiger partial charge in [-0.05, 0) is 25.1 Å². The van der Waals surface area contributed by atoms with Crippen LogP contribution in [0.15, 0.2) is 28.8 Å². The molecule has 0 unspecified atom stereocenters. The van der Waals surface area contributed by atoms with E-state index in [4.69, 9.17) is 4.52 Å². The maximum atomic E-state index is 13.5. The molecule has 2 aromatic rings. The van der Waals surface area contributed by atoms with Gasteiger partial charge in [0.2, 0.25) is 11.8 Å². The lowest BCUT2D eigenvalue weighted by Crippen LogP contribution is -2.22. The fourth-order valence-corrected chi connectivity index (χ4v) is 1.72. The van der Waals surface area contributed by atoms with Crippen LogP contribution in [0, 0.1) is 12.7 Å². The second-order valence-corrected chi connectivity index (χ2v) is 4.60. The minimum atomic E-state index is -0.553. The first-order valence-corrected chi connectivity index (χ1v) is 6.48. The molecule has 0 aliphatic rings. The summed E-state index contributed by atoms with van der Waals surface area (Å²) in [5.74, 6) is -0.360.